The van der Waals surface area contributed by atoms with E-state index in [0.29, 0.717) is 28.6 Å². The number of hydrogen-bond donors (Lipinski definition) is 1. The predicted molar refractivity (Wildman–Crippen MR) is 158 cm³/mol. The molecule has 2 aliphatic rings. The van der Waals surface area contributed by atoms with Gasteiger partial charge < -0.3 is 42.6 Å². The number of carbonyl (C=O) groups is 1. The lowest BCUT2D eigenvalue weighted by atomic mass is 10.2. The number of sulfonamides is 1. The highest BCUT2D eigenvalue weighted by atomic mass is 35.5. The van der Waals surface area contributed by atoms with E-state index in [-0.39, 0.29) is 72.3 Å². The average molecular weight is 674 g/mol. The van der Waals surface area contributed by atoms with Gasteiger partial charge in [0.15, 0.2) is 28.8 Å². The summed E-state index contributed by atoms with van der Waals surface area (Å²) >= 11 is 6.34. The number of benzene rings is 3. The first-order valence-electron chi connectivity index (χ1n) is 13.4. The fourth-order valence-electron chi connectivity index (χ4n) is 4.13. The number of nitrogens with one attached hydrogen (secondary N) is 1. The Bertz CT molecular complexity index is 1870. The van der Waals surface area contributed by atoms with Crippen molar-refractivity contribution in [3.8, 4) is 46.1 Å². The van der Waals surface area contributed by atoms with E-state index in [4.69, 9.17) is 54.2 Å². The minimum Gasteiger partial charge on any atom is -0.497 e. The Morgan fingerprint density at radius 3 is 2.41 bits per heavy atom. The summed E-state index contributed by atoms with van der Waals surface area (Å²) < 4.78 is 77.4. The molecular weight excluding hydrogens is 650 g/mol. The number of methoxy groups -OCH3 is 1. The Morgan fingerprint density at radius 1 is 0.891 bits per heavy atom. The molecule has 0 bridgehead atoms. The van der Waals surface area contributed by atoms with Gasteiger partial charge >= 0.3 is 6.16 Å². The Kier molecular flexibility index (Phi) is 8.89. The molecule has 1 N–H and O–H groups in total. The SMILES string of the molecule is COc1ccc(Cl)c(Oc2c(NS(=O)(=O)c3ccc4c(c3)OCO4)ncnc2OCCOC(=O)OCc2ccc3c(c2)OCO3)c1. The van der Waals surface area contributed by atoms with Crippen LogP contribution in [-0.2, 0) is 26.1 Å². The molecule has 0 atom stereocenters. The van der Waals surface area contributed by atoms with Gasteiger partial charge in [-0.2, -0.15) is 4.98 Å². The molecule has 15 nitrogen and oxygen atoms in total. The topological polar surface area (TPSA) is 172 Å². The number of rotatable bonds is 12. The van der Waals surface area contributed by atoms with Crippen molar-refractivity contribution < 1.29 is 55.8 Å². The van der Waals surface area contributed by atoms with Gasteiger partial charge in [0, 0.05) is 12.1 Å². The fraction of sp³-hybridized carbons (Fsp3) is 0.207. The number of anilines is 1. The van der Waals surface area contributed by atoms with Crippen LogP contribution in [0.3, 0.4) is 0 Å². The zero-order valence-electron chi connectivity index (χ0n) is 23.9. The van der Waals surface area contributed by atoms with Crippen molar-refractivity contribution in [3.63, 3.8) is 0 Å². The van der Waals surface area contributed by atoms with Gasteiger partial charge in [-0.25, -0.2) is 18.2 Å². The van der Waals surface area contributed by atoms with Crippen LogP contribution < -0.4 is 37.9 Å². The Hall–Kier alpha value is -5.35. The first-order chi connectivity index (χ1) is 22.3. The van der Waals surface area contributed by atoms with Crippen molar-refractivity contribution in [2.24, 2.45) is 0 Å². The highest BCUT2D eigenvalue weighted by molar-refractivity contribution is 7.92. The number of fused-ring (bicyclic) bond motifs is 2. The second-order valence-corrected chi connectivity index (χ2v) is 11.4. The monoisotopic (exact) mass is 673 g/mol. The molecule has 240 valence electrons. The Morgan fingerprint density at radius 2 is 1.63 bits per heavy atom. The lowest BCUT2D eigenvalue weighted by Gasteiger charge is -2.16. The quantitative estimate of drug-likeness (QED) is 0.159. The number of aromatic nitrogens is 2. The molecule has 0 saturated carbocycles. The minimum atomic E-state index is -4.23. The van der Waals surface area contributed by atoms with Crippen molar-refractivity contribution in [1.29, 1.82) is 0 Å². The summed E-state index contributed by atoms with van der Waals surface area (Å²) in [6.45, 7) is -0.428. The van der Waals surface area contributed by atoms with Crippen LogP contribution in [0.15, 0.2) is 65.8 Å². The molecule has 0 radical (unpaired) electrons. The summed E-state index contributed by atoms with van der Waals surface area (Å²) in [5.41, 5.74) is 0.673. The van der Waals surface area contributed by atoms with Crippen LogP contribution in [0.2, 0.25) is 5.02 Å². The first-order valence-corrected chi connectivity index (χ1v) is 15.2. The second kappa shape index (κ2) is 13.3. The highest BCUT2D eigenvalue weighted by Gasteiger charge is 2.25. The van der Waals surface area contributed by atoms with E-state index in [1.54, 1.807) is 24.3 Å². The molecule has 1 aromatic heterocycles. The first kappa shape index (κ1) is 30.7. The molecule has 0 unspecified atom stereocenters. The summed E-state index contributed by atoms with van der Waals surface area (Å²) in [6.07, 6.45) is 0.119. The van der Waals surface area contributed by atoms with Crippen molar-refractivity contribution in [2.45, 2.75) is 11.5 Å². The molecule has 6 rings (SSSR count). The standard InChI is InChI=1S/C29H24ClN3O12S/c1-37-18-3-5-20(30)23(11-18)45-26-27(33-46(35,36)19-4-7-22-25(12-19)44-16-42-22)31-14-32-28(26)38-8-9-39-29(34)40-13-17-2-6-21-24(10-17)43-15-41-21/h2-7,10-12,14H,8-9,13,15-16H2,1H3,(H,31,32,33). The molecule has 17 heteroatoms. The normalized spacial score (nSPS) is 12.7. The van der Waals surface area contributed by atoms with Gasteiger partial charge in [-0.3, -0.25) is 4.72 Å². The third-order valence-corrected chi connectivity index (χ3v) is 7.99. The molecule has 4 aromatic rings. The van der Waals surface area contributed by atoms with Crippen LogP contribution in [0, 0.1) is 0 Å². The van der Waals surface area contributed by atoms with E-state index in [2.05, 4.69) is 14.7 Å². The molecule has 0 fully saturated rings. The van der Waals surface area contributed by atoms with E-state index in [9.17, 15) is 13.2 Å². The highest BCUT2D eigenvalue weighted by Crippen LogP contribution is 2.41. The molecule has 0 aliphatic carbocycles. The van der Waals surface area contributed by atoms with E-state index >= 15 is 0 Å². The molecule has 0 saturated heterocycles. The second-order valence-electron chi connectivity index (χ2n) is 9.30. The maximum absolute atomic E-state index is 13.3. The van der Waals surface area contributed by atoms with Gasteiger partial charge in [0.1, 0.15) is 37.6 Å². The van der Waals surface area contributed by atoms with E-state index in [1.807, 2.05) is 0 Å². The molecule has 3 aromatic carbocycles. The lowest BCUT2D eigenvalue weighted by Crippen LogP contribution is -2.16. The average Bonchev–Trinajstić information content (AvgIpc) is 3.73. The Balaban J connectivity index is 1.15. The van der Waals surface area contributed by atoms with Gasteiger partial charge in [0.05, 0.1) is 17.0 Å². The van der Waals surface area contributed by atoms with Crippen LogP contribution in [0.1, 0.15) is 5.56 Å². The number of halogens is 1. The van der Waals surface area contributed by atoms with Gasteiger partial charge in [0.2, 0.25) is 19.3 Å². The van der Waals surface area contributed by atoms with Crippen LogP contribution in [0.5, 0.6) is 46.1 Å². The largest absolute Gasteiger partial charge is 0.508 e. The summed E-state index contributed by atoms with van der Waals surface area (Å²) in [5.74, 6) is 1.65. The third kappa shape index (κ3) is 6.97. The van der Waals surface area contributed by atoms with Crippen LogP contribution in [-0.4, -0.2) is 58.5 Å². The van der Waals surface area contributed by atoms with Crippen molar-refractivity contribution >= 4 is 33.6 Å². The zero-order valence-corrected chi connectivity index (χ0v) is 25.5. The van der Waals surface area contributed by atoms with Crippen molar-refractivity contribution in [3.05, 3.63) is 71.5 Å². The molecule has 2 aliphatic heterocycles. The van der Waals surface area contributed by atoms with Crippen LogP contribution in [0.25, 0.3) is 0 Å². The summed E-state index contributed by atoms with van der Waals surface area (Å²) in [4.78, 5) is 20.2. The van der Waals surface area contributed by atoms with E-state index in [0.717, 1.165) is 6.33 Å². The number of ether oxygens (including phenoxy) is 9. The van der Waals surface area contributed by atoms with Crippen molar-refractivity contribution in [2.75, 3.05) is 38.6 Å². The zero-order chi connectivity index (χ0) is 32.1. The molecule has 46 heavy (non-hydrogen) atoms. The predicted octanol–water partition coefficient (Wildman–Crippen LogP) is 4.92. The fourth-order valence-corrected chi connectivity index (χ4v) is 5.32. The molecular formula is C29H24ClN3O12S. The summed E-state index contributed by atoms with van der Waals surface area (Å²) in [5, 5.41) is 0.175. The molecule has 0 spiro atoms. The molecule has 0 amide bonds. The van der Waals surface area contributed by atoms with Gasteiger partial charge in [-0.15, -0.1) is 0 Å². The number of carbonyl (C=O) groups excluding carboxylic acids is 1. The van der Waals surface area contributed by atoms with Gasteiger partial charge in [0.25, 0.3) is 15.9 Å². The Labute approximate surface area is 266 Å². The van der Waals surface area contributed by atoms with Gasteiger partial charge in [-0.1, -0.05) is 17.7 Å². The summed E-state index contributed by atoms with van der Waals surface area (Å²) in [6, 6.07) is 13.9. The maximum atomic E-state index is 13.3. The van der Waals surface area contributed by atoms with Crippen molar-refractivity contribution in [1.82, 2.24) is 9.97 Å². The van der Waals surface area contributed by atoms with Crippen LogP contribution in [0.4, 0.5) is 10.6 Å². The van der Waals surface area contributed by atoms with Crippen LogP contribution >= 0.6 is 11.6 Å². The summed E-state index contributed by atoms with van der Waals surface area (Å²) in [7, 11) is -2.77. The van der Waals surface area contributed by atoms with E-state index in [1.165, 1.54) is 37.4 Å². The van der Waals surface area contributed by atoms with Gasteiger partial charge in [-0.05, 0) is 42.0 Å². The lowest BCUT2D eigenvalue weighted by molar-refractivity contribution is 0.0406. The smallest absolute Gasteiger partial charge is 0.497 e. The number of nitrogens with zero attached hydrogens (tertiary/aromatic N) is 2. The van der Waals surface area contributed by atoms with E-state index < -0.39 is 16.2 Å². The molecule has 3 heterocycles. The maximum Gasteiger partial charge on any atom is 0.508 e. The number of hydrogen-bond acceptors (Lipinski definition) is 14. The third-order valence-electron chi connectivity index (χ3n) is 6.34. The minimum absolute atomic E-state index is 0.0283.